The van der Waals surface area contributed by atoms with Gasteiger partial charge in [0.15, 0.2) is 6.61 Å². The van der Waals surface area contributed by atoms with Crippen molar-refractivity contribution in [3.63, 3.8) is 0 Å². The fraction of sp³-hybridized carbons (Fsp3) is 0.355. The van der Waals surface area contributed by atoms with Crippen molar-refractivity contribution in [2.75, 3.05) is 13.2 Å². The Morgan fingerprint density at radius 3 is 2.22 bits per heavy atom. The molecule has 1 unspecified atom stereocenters. The molecule has 3 aromatic rings. The first-order chi connectivity index (χ1) is 17.7. The minimum absolute atomic E-state index is 0.00140. The van der Waals surface area contributed by atoms with Crippen LogP contribution in [0.3, 0.4) is 0 Å². The molecular weight excluding hydrogens is 467 g/mol. The van der Waals surface area contributed by atoms with E-state index in [1.54, 1.807) is 18.2 Å². The van der Waals surface area contributed by atoms with Gasteiger partial charge in [-0.1, -0.05) is 88.4 Å². The fourth-order valence-electron chi connectivity index (χ4n) is 4.01. The average molecular weight is 505 g/mol. The second-order valence-corrected chi connectivity index (χ2v) is 10.2. The number of hydrogen-bond donors (Lipinski definition) is 1. The molecule has 0 bridgehead atoms. The van der Waals surface area contributed by atoms with E-state index in [2.05, 4.69) is 26.1 Å². The molecule has 196 valence electrons. The largest absolute Gasteiger partial charge is 0.484 e. The van der Waals surface area contributed by atoms with Gasteiger partial charge in [-0.15, -0.1) is 0 Å². The molecule has 6 heteroatoms. The fourth-order valence-corrected chi connectivity index (χ4v) is 4.01. The summed E-state index contributed by atoms with van der Waals surface area (Å²) in [6.07, 6.45) is 1.07. The molecule has 2 amide bonds. The van der Waals surface area contributed by atoms with Crippen LogP contribution >= 0.6 is 0 Å². The maximum atomic E-state index is 14.6. The van der Waals surface area contributed by atoms with Gasteiger partial charge >= 0.3 is 0 Å². The van der Waals surface area contributed by atoms with E-state index >= 15 is 0 Å². The first-order valence-corrected chi connectivity index (χ1v) is 12.8. The van der Waals surface area contributed by atoms with Crippen LogP contribution in [0.1, 0.15) is 50.8 Å². The Balaban J connectivity index is 1.87. The van der Waals surface area contributed by atoms with Crippen molar-refractivity contribution < 1.29 is 18.7 Å². The summed E-state index contributed by atoms with van der Waals surface area (Å²) in [7, 11) is 0. The molecule has 0 radical (unpaired) electrons. The molecule has 1 atom stereocenters. The van der Waals surface area contributed by atoms with E-state index in [0.717, 1.165) is 17.5 Å². The van der Waals surface area contributed by atoms with Gasteiger partial charge in [-0.25, -0.2) is 4.39 Å². The Bertz CT molecular complexity index is 1160. The third-order valence-corrected chi connectivity index (χ3v) is 6.20. The van der Waals surface area contributed by atoms with E-state index in [9.17, 15) is 14.0 Å². The summed E-state index contributed by atoms with van der Waals surface area (Å²) in [4.78, 5) is 28.3. The van der Waals surface area contributed by atoms with E-state index in [1.165, 1.54) is 11.0 Å². The van der Waals surface area contributed by atoms with Gasteiger partial charge in [-0.05, 0) is 41.2 Å². The summed E-state index contributed by atoms with van der Waals surface area (Å²) < 4.78 is 20.5. The first-order valence-electron chi connectivity index (χ1n) is 12.8. The van der Waals surface area contributed by atoms with Crippen LogP contribution in [0, 0.1) is 5.82 Å². The maximum Gasteiger partial charge on any atom is 0.261 e. The maximum absolute atomic E-state index is 14.6. The lowest BCUT2D eigenvalue weighted by Crippen LogP contribution is -2.51. The van der Waals surface area contributed by atoms with Crippen LogP contribution in [-0.4, -0.2) is 35.9 Å². The minimum Gasteiger partial charge on any atom is -0.484 e. The predicted molar refractivity (Wildman–Crippen MR) is 145 cm³/mol. The van der Waals surface area contributed by atoms with Crippen LogP contribution in [-0.2, 0) is 28.0 Å². The monoisotopic (exact) mass is 504 g/mol. The Morgan fingerprint density at radius 1 is 0.946 bits per heavy atom. The number of nitrogens with one attached hydrogen (secondary N) is 1. The molecule has 0 aromatic heterocycles. The SMILES string of the molecule is CCCNC(=O)C(Cc1ccccc1)N(Cc1ccccc1F)C(=O)COc1ccc(C(C)(C)C)cc1. The number of hydrogen-bond acceptors (Lipinski definition) is 3. The van der Waals surface area contributed by atoms with Gasteiger partial charge in [0.2, 0.25) is 5.91 Å². The Kier molecular flexibility index (Phi) is 9.84. The van der Waals surface area contributed by atoms with Crippen LogP contribution in [0.25, 0.3) is 0 Å². The van der Waals surface area contributed by atoms with Gasteiger partial charge < -0.3 is 15.0 Å². The molecule has 1 N–H and O–H groups in total. The third kappa shape index (κ3) is 8.17. The summed E-state index contributed by atoms with van der Waals surface area (Å²) in [5, 5.41) is 2.92. The third-order valence-electron chi connectivity index (χ3n) is 6.20. The molecule has 0 heterocycles. The lowest BCUT2D eigenvalue weighted by atomic mass is 9.87. The average Bonchev–Trinajstić information content (AvgIpc) is 2.89. The molecule has 0 aliphatic heterocycles. The number of rotatable bonds is 11. The van der Waals surface area contributed by atoms with Crippen molar-refractivity contribution in [1.29, 1.82) is 0 Å². The smallest absolute Gasteiger partial charge is 0.261 e. The first kappa shape index (κ1) is 27.9. The molecule has 5 nitrogen and oxygen atoms in total. The highest BCUT2D eigenvalue weighted by atomic mass is 19.1. The second-order valence-electron chi connectivity index (χ2n) is 10.2. The predicted octanol–water partition coefficient (Wildman–Crippen LogP) is 5.67. The highest BCUT2D eigenvalue weighted by molar-refractivity contribution is 5.88. The number of benzene rings is 3. The summed E-state index contributed by atoms with van der Waals surface area (Å²) in [5.41, 5.74) is 2.40. The molecule has 3 aromatic carbocycles. The van der Waals surface area contributed by atoms with Crippen LogP contribution in [0.15, 0.2) is 78.9 Å². The zero-order chi connectivity index (χ0) is 26.8. The lowest BCUT2D eigenvalue weighted by molar-refractivity contribution is -0.142. The Hall–Kier alpha value is -3.67. The normalized spacial score (nSPS) is 12.0. The van der Waals surface area contributed by atoms with Crippen molar-refractivity contribution in [3.05, 3.63) is 101 Å². The Labute approximate surface area is 219 Å². The van der Waals surface area contributed by atoms with Crippen molar-refractivity contribution in [3.8, 4) is 5.75 Å². The molecule has 0 fully saturated rings. The second kappa shape index (κ2) is 13.0. The van der Waals surface area contributed by atoms with Crippen LogP contribution in [0.5, 0.6) is 5.75 Å². The van der Waals surface area contributed by atoms with Crippen molar-refractivity contribution in [2.24, 2.45) is 0 Å². The Morgan fingerprint density at radius 2 is 1.59 bits per heavy atom. The van der Waals surface area contributed by atoms with E-state index in [4.69, 9.17) is 4.74 Å². The van der Waals surface area contributed by atoms with Gasteiger partial charge in [0.05, 0.1) is 0 Å². The van der Waals surface area contributed by atoms with Gasteiger partial charge in [-0.2, -0.15) is 0 Å². The molecule has 0 spiro atoms. The topological polar surface area (TPSA) is 58.6 Å². The van der Waals surface area contributed by atoms with Crippen molar-refractivity contribution >= 4 is 11.8 Å². The number of ether oxygens (including phenoxy) is 1. The molecule has 0 saturated heterocycles. The standard InChI is InChI=1S/C31H37FN2O3/c1-5-19-33-30(36)28(20-23-11-7-6-8-12-23)34(21-24-13-9-10-14-27(24)32)29(35)22-37-26-17-15-25(16-18-26)31(2,3)4/h6-18,28H,5,19-22H2,1-4H3,(H,33,36). The zero-order valence-electron chi connectivity index (χ0n) is 22.2. The molecule has 0 saturated carbocycles. The van der Waals surface area contributed by atoms with E-state index in [-0.39, 0.29) is 24.5 Å². The van der Waals surface area contributed by atoms with Crippen LogP contribution in [0.4, 0.5) is 4.39 Å². The van der Waals surface area contributed by atoms with Crippen LogP contribution in [0.2, 0.25) is 0 Å². The summed E-state index contributed by atoms with van der Waals surface area (Å²) >= 11 is 0. The highest BCUT2D eigenvalue weighted by Crippen LogP contribution is 2.24. The quantitative estimate of drug-likeness (QED) is 0.366. The number of nitrogens with zero attached hydrogens (tertiary/aromatic N) is 1. The van der Waals surface area contributed by atoms with Gasteiger partial charge in [-0.3, -0.25) is 9.59 Å². The summed E-state index contributed by atoms with van der Waals surface area (Å²) in [5.74, 6) is -0.533. The summed E-state index contributed by atoms with van der Waals surface area (Å²) in [6.45, 7) is 8.52. The van der Waals surface area contributed by atoms with Gasteiger partial charge in [0, 0.05) is 25.1 Å². The minimum atomic E-state index is -0.826. The molecular formula is C31H37FN2O3. The van der Waals surface area contributed by atoms with Gasteiger partial charge in [0.1, 0.15) is 17.6 Å². The van der Waals surface area contributed by atoms with Crippen molar-refractivity contribution in [1.82, 2.24) is 10.2 Å². The molecule has 0 aliphatic rings. The number of carbonyl (C=O) groups excluding carboxylic acids is 2. The van der Waals surface area contributed by atoms with E-state index in [0.29, 0.717) is 24.3 Å². The molecule has 37 heavy (non-hydrogen) atoms. The highest BCUT2D eigenvalue weighted by Gasteiger charge is 2.31. The van der Waals surface area contributed by atoms with Crippen molar-refractivity contribution in [2.45, 2.75) is 58.5 Å². The number of halogens is 1. The van der Waals surface area contributed by atoms with Crippen LogP contribution < -0.4 is 10.1 Å². The number of amides is 2. The van der Waals surface area contributed by atoms with Gasteiger partial charge in [0.25, 0.3) is 5.91 Å². The molecule has 0 aliphatic carbocycles. The van der Waals surface area contributed by atoms with E-state index < -0.39 is 17.8 Å². The van der Waals surface area contributed by atoms with E-state index in [1.807, 2.05) is 61.5 Å². The zero-order valence-corrected chi connectivity index (χ0v) is 22.2. The molecule has 3 rings (SSSR count). The summed E-state index contributed by atoms with van der Waals surface area (Å²) in [6, 6.07) is 22.6. The lowest BCUT2D eigenvalue weighted by Gasteiger charge is -2.31. The number of carbonyl (C=O) groups is 2.